The molecule has 1 saturated carbocycles. The lowest BCUT2D eigenvalue weighted by atomic mass is 9.82. The molecule has 0 aromatic heterocycles. The molecule has 0 saturated heterocycles. The maximum atomic E-state index is 9.83. The molecule has 1 heterocycles. The summed E-state index contributed by atoms with van der Waals surface area (Å²) in [6.45, 7) is 0. The molecule has 4 heteroatoms. The van der Waals surface area contributed by atoms with Crippen molar-refractivity contribution >= 4 is 0 Å². The van der Waals surface area contributed by atoms with Gasteiger partial charge in [0.05, 0.1) is 7.11 Å². The van der Waals surface area contributed by atoms with Gasteiger partial charge in [-0.2, -0.15) is 0 Å². The first kappa shape index (κ1) is 16.1. The van der Waals surface area contributed by atoms with E-state index >= 15 is 0 Å². The zero-order valence-corrected chi connectivity index (χ0v) is 14.4. The molecular formula is C21H24O4. The van der Waals surface area contributed by atoms with E-state index in [-0.39, 0.29) is 11.9 Å². The summed E-state index contributed by atoms with van der Waals surface area (Å²) >= 11 is 0. The van der Waals surface area contributed by atoms with Gasteiger partial charge in [-0.3, -0.25) is 0 Å². The Morgan fingerprint density at radius 1 is 1.00 bits per heavy atom. The lowest BCUT2D eigenvalue weighted by molar-refractivity contribution is 0.0997. The zero-order chi connectivity index (χ0) is 17.4. The Kier molecular flexibility index (Phi) is 4.20. The minimum Gasteiger partial charge on any atom is -0.508 e. The minimum absolute atomic E-state index is 0.159. The standard InChI is InChI=1S/C21H24O4/c1-24-20-12-16(23)11-14-7-10-19(25-21(14)20)18-4-2-3-17(18)13-5-8-15(22)9-6-13/h5-6,8-9,11-12,17-19,22-23H,2-4,7,10H2,1H3/t17?,18?,19-/m0/s1. The predicted molar refractivity (Wildman–Crippen MR) is 95.6 cm³/mol. The van der Waals surface area contributed by atoms with E-state index in [9.17, 15) is 10.2 Å². The number of hydrogen-bond acceptors (Lipinski definition) is 4. The van der Waals surface area contributed by atoms with Gasteiger partial charge in [0.2, 0.25) is 0 Å². The van der Waals surface area contributed by atoms with E-state index in [0.717, 1.165) is 37.0 Å². The van der Waals surface area contributed by atoms with E-state index in [0.29, 0.717) is 23.3 Å². The monoisotopic (exact) mass is 340 g/mol. The molecule has 4 rings (SSSR count). The summed E-state index contributed by atoms with van der Waals surface area (Å²) < 4.78 is 11.8. The number of ether oxygens (including phenoxy) is 2. The van der Waals surface area contributed by atoms with Crippen LogP contribution in [0.15, 0.2) is 36.4 Å². The number of hydrogen-bond donors (Lipinski definition) is 2. The second-order valence-electron chi connectivity index (χ2n) is 7.12. The van der Waals surface area contributed by atoms with Gasteiger partial charge in [0, 0.05) is 17.5 Å². The molecule has 2 aromatic carbocycles. The average Bonchev–Trinajstić information content (AvgIpc) is 3.11. The van der Waals surface area contributed by atoms with E-state index in [1.165, 1.54) is 12.0 Å². The topological polar surface area (TPSA) is 58.9 Å². The first-order valence-corrected chi connectivity index (χ1v) is 9.01. The maximum absolute atomic E-state index is 9.83. The number of phenolic OH excluding ortho intramolecular Hbond substituents is 2. The van der Waals surface area contributed by atoms with Crippen molar-refractivity contribution in [1.29, 1.82) is 0 Å². The van der Waals surface area contributed by atoms with Crippen molar-refractivity contribution < 1.29 is 19.7 Å². The molecule has 0 amide bonds. The van der Waals surface area contributed by atoms with E-state index < -0.39 is 0 Å². The van der Waals surface area contributed by atoms with Crippen LogP contribution >= 0.6 is 0 Å². The first-order chi connectivity index (χ1) is 12.2. The lowest BCUT2D eigenvalue weighted by Gasteiger charge is -2.34. The highest BCUT2D eigenvalue weighted by Gasteiger charge is 2.38. The Labute approximate surface area is 148 Å². The molecular weight excluding hydrogens is 316 g/mol. The highest BCUT2D eigenvalue weighted by atomic mass is 16.5. The van der Waals surface area contributed by atoms with Crippen LogP contribution in [0.25, 0.3) is 0 Å². The fourth-order valence-electron chi connectivity index (χ4n) is 4.49. The smallest absolute Gasteiger partial charge is 0.165 e. The SMILES string of the molecule is COc1cc(O)cc2c1O[C@H](C1CCCC1c1ccc(O)cc1)CC2. The third-order valence-corrected chi connectivity index (χ3v) is 5.67. The summed E-state index contributed by atoms with van der Waals surface area (Å²) in [5, 5.41) is 19.4. The van der Waals surface area contributed by atoms with E-state index in [1.807, 2.05) is 12.1 Å². The number of phenols is 2. The normalized spacial score (nSPS) is 25.2. The minimum atomic E-state index is 0.159. The Morgan fingerprint density at radius 2 is 1.80 bits per heavy atom. The fourth-order valence-corrected chi connectivity index (χ4v) is 4.49. The van der Waals surface area contributed by atoms with Crippen molar-refractivity contribution in [3.8, 4) is 23.0 Å². The van der Waals surface area contributed by atoms with Crippen LogP contribution in [0.4, 0.5) is 0 Å². The largest absolute Gasteiger partial charge is 0.508 e. The molecule has 2 N–H and O–H groups in total. The van der Waals surface area contributed by atoms with Gasteiger partial charge in [0.25, 0.3) is 0 Å². The van der Waals surface area contributed by atoms with Gasteiger partial charge >= 0.3 is 0 Å². The van der Waals surface area contributed by atoms with Gasteiger partial charge in [0.15, 0.2) is 11.5 Å². The Hall–Kier alpha value is -2.36. The number of fused-ring (bicyclic) bond motifs is 1. The number of rotatable bonds is 3. The molecule has 0 spiro atoms. The summed E-state index contributed by atoms with van der Waals surface area (Å²) in [5.41, 5.74) is 2.31. The van der Waals surface area contributed by atoms with Crippen LogP contribution in [0, 0.1) is 5.92 Å². The summed E-state index contributed by atoms with van der Waals surface area (Å²) in [6, 6.07) is 11.0. The molecule has 0 bridgehead atoms. The predicted octanol–water partition coefficient (Wildman–Crippen LogP) is 4.38. The fraction of sp³-hybridized carbons (Fsp3) is 0.429. The Morgan fingerprint density at radius 3 is 2.56 bits per heavy atom. The van der Waals surface area contributed by atoms with Crippen LogP contribution < -0.4 is 9.47 Å². The van der Waals surface area contributed by atoms with Crippen molar-refractivity contribution in [2.75, 3.05) is 7.11 Å². The quantitative estimate of drug-likeness (QED) is 0.870. The van der Waals surface area contributed by atoms with Crippen LogP contribution in [0.1, 0.15) is 42.7 Å². The molecule has 2 aliphatic rings. The van der Waals surface area contributed by atoms with Crippen LogP contribution in [-0.2, 0) is 6.42 Å². The second-order valence-corrected chi connectivity index (χ2v) is 7.12. The summed E-state index contributed by atoms with van der Waals surface area (Å²) in [4.78, 5) is 0. The van der Waals surface area contributed by atoms with Crippen molar-refractivity contribution in [2.45, 2.75) is 44.1 Å². The third-order valence-electron chi connectivity index (χ3n) is 5.67. The van der Waals surface area contributed by atoms with Crippen molar-refractivity contribution in [1.82, 2.24) is 0 Å². The molecule has 1 fully saturated rings. The number of aromatic hydroxyl groups is 2. The second kappa shape index (κ2) is 6.51. The van der Waals surface area contributed by atoms with Crippen LogP contribution in [0.5, 0.6) is 23.0 Å². The van der Waals surface area contributed by atoms with Gasteiger partial charge < -0.3 is 19.7 Å². The Balaban J connectivity index is 1.59. The van der Waals surface area contributed by atoms with Gasteiger partial charge in [-0.1, -0.05) is 18.6 Å². The Bertz CT molecular complexity index is 736. The van der Waals surface area contributed by atoms with Crippen molar-refractivity contribution in [3.63, 3.8) is 0 Å². The average molecular weight is 340 g/mol. The van der Waals surface area contributed by atoms with Gasteiger partial charge in [-0.05, 0) is 55.4 Å². The molecule has 132 valence electrons. The maximum Gasteiger partial charge on any atom is 0.165 e. The molecule has 1 aliphatic heterocycles. The summed E-state index contributed by atoms with van der Waals surface area (Å²) in [7, 11) is 1.61. The van der Waals surface area contributed by atoms with E-state index in [4.69, 9.17) is 9.47 Å². The molecule has 4 nitrogen and oxygen atoms in total. The molecule has 3 atom stereocenters. The van der Waals surface area contributed by atoms with E-state index in [1.54, 1.807) is 31.4 Å². The molecule has 25 heavy (non-hydrogen) atoms. The summed E-state index contributed by atoms with van der Waals surface area (Å²) in [6.07, 6.45) is 5.53. The molecule has 1 aliphatic carbocycles. The number of aryl methyl sites for hydroxylation is 1. The molecule has 0 radical (unpaired) electrons. The first-order valence-electron chi connectivity index (χ1n) is 9.01. The number of benzene rings is 2. The third kappa shape index (κ3) is 3.01. The number of methoxy groups -OCH3 is 1. The molecule has 2 aromatic rings. The van der Waals surface area contributed by atoms with Crippen molar-refractivity contribution in [3.05, 3.63) is 47.5 Å². The van der Waals surface area contributed by atoms with Gasteiger partial charge in [0.1, 0.15) is 17.6 Å². The van der Waals surface area contributed by atoms with Crippen LogP contribution in [0.3, 0.4) is 0 Å². The highest BCUT2D eigenvalue weighted by molar-refractivity contribution is 5.52. The summed E-state index contributed by atoms with van der Waals surface area (Å²) in [5.74, 6) is 2.87. The van der Waals surface area contributed by atoms with Crippen LogP contribution in [-0.4, -0.2) is 23.4 Å². The van der Waals surface area contributed by atoms with Gasteiger partial charge in [-0.15, -0.1) is 0 Å². The zero-order valence-electron chi connectivity index (χ0n) is 14.4. The lowest BCUT2D eigenvalue weighted by Crippen LogP contribution is -2.32. The van der Waals surface area contributed by atoms with Crippen LogP contribution in [0.2, 0.25) is 0 Å². The van der Waals surface area contributed by atoms with Gasteiger partial charge in [-0.25, -0.2) is 0 Å². The van der Waals surface area contributed by atoms with Crippen molar-refractivity contribution in [2.24, 2.45) is 5.92 Å². The highest BCUT2D eigenvalue weighted by Crippen LogP contribution is 2.47. The molecule has 2 unspecified atom stereocenters. The van der Waals surface area contributed by atoms with E-state index in [2.05, 4.69) is 0 Å².